The lowest BCUT2D eigenvalue weighted by Gasteiger charge is -2.28. The normalized spacial score (nSPS) is 23.9. The van der Waals surface area contributed by atoms with Crippen LogP contribution in [0.3, 0.4) is 0 Å². The van der Waals surface area contributed by atoms with Crippen molar-refractivity contribution in [1.82, 2.24) is 0 Å². The van der Waals surface area contributed by atoms with Gasteiger partial charge in [-0.15, -0.1) is 0 Å². The summed E-state index contributed by atoms with van der Waals surface area (Å²) in [5.41, 5.74) is 1.51. The maximum atomic E-state index is 5.50. The average molecular weight is 246 g/mol. The van der Waals surface area contributed by atoms with Crippen molar-refractivity contribution in [3.8, 4) is 5.75 Å². The van der Waals surface area contributed by atoms with Gasteiger partial charge in [0.05, 0.1) is 6.61 Å². The summed E-state index contributed by atoms with van der Waals surface area (Å²) in [7, 11) is 0. The lowest BCUT2D eigenvalue weighted by Crippen LogP contribution is -2.13. The summed E-state index contributed by atoms with van der Waals surface area (Å²) in [6.07, 6.45) is 8.36. The molecule has 1 saturated carbocycles. The zero-order valence-electron chi connectivity index (χ0n) is 11.8. The molecule has 1 heteroatoms. The predicted octanol–water partition coefficient (Wildman–Crippen LogP) is 5.16. The first kappa shape index (κ1) is 13.5. The van der Waals surface area contributed by atoms with Crippen molar-refractivity contribution in [2.75, 3.05) is 6.61 Å². The van der Waals surface area contributed by atoms with E-state index in [-0.39, 0.29) is 0 Å². The number of hydrogen-bond acceptors (Lipinski definition) is 1. The highest BCUT2D eigenvalue weighted by atomic mass is 16.5. The van der Waals surface area contributed by atoms with Gasteiger partial charge >= 0.3 is 0 Å². The first-order valence-corrected chi connectivity index (χ1v) is 7.56. The third kappa shape index (κ3) is 3.51. The maximum Gasteiger partial charge on any atom is 0.119 e. The van der Waals surface area contributed by atoms with Crippen molar-refractivity contribution in [3.05, 3.63) is 29.8 Å². The van der Waals surface area contributed by atoms with Gasteiger partial charge in [0.2, 0.25) is 0 Å². The Morgan fingerprint density at radius 2 is 1.67 bits per heavy atom. The third-order valence-electron chi connectivity index (χ3n) is 4.21. The first-order chi connectivity index (χ1) is 8.83. The molecular weight excluding hydrogens is 220 g/mol. The Kier molecular flexibility index (Phi) is 5.10. The molecule has 0 spiro atoms. The van der Waals surface area contributed by atoms with Gasteiger partial charge in [0.25, 0.3) is 0 Å². The van der Waals surface area contributed by atoms with Gasteiger partial charge in [-0.25, -0.2) is 0 Å². The molecule has 0 bridgehead atoms. The van der Waals surface area contributed by atoms with Crippen LogP contribution in [-0.4, -0.2) is 6.61 Å². The highest BCUT2D eigenvalue weighted by Crippen LogP contribution is 2.37. The van der Waals surface area contributed by atoms with Crippen LogP contribution in [0.25, 0.3) is 0 Å². The van der Waals surface area contributed by atoms with Crippen LogP contribution in [0.5, 0.6) is 5.75 Å². The summed E-state index contributed by atoms with van der Waals surface area (Å²) < 4.78 is 5.50. The Bertz CT molecular complexity index is 333. The number of rotatable bonds is 5. The molecule has 1 fully saturated rings. The standard InChI is InChI=1S/C17H26O/c1-3-5-14-6-8-15(9-7-14)16-10-12-17(13-11-16)18-4-2/h10-15H,3-9H2,1-2H3. The molecule has 0 atom stereocenters. The summed E-state index contributed by atoms with van der Waals surface area (Å²) in [5, 5.41) is 0. The van der Waals surface area contributed by atoms with E-state index in [9.17, 15) is 0 Å². The Morgan fingerprint density at radius 3 is 2.22 bits per heavy atom. The molecule has 1 aliphatic carbocycles. The van der Waals surface area contributed by atoms with E-state index >= 15 is 0 Å². The number of hydrogen-bond donors (Lipinski definition) is 0. The smallest absolute Gasteiger partial charge is 0.119 e. The summed E-state index contributed by atoms with van der Waals surface area (Å²) in [6, 6.07) is 8.76. The fraction of sp³-hybridized carbons (Fsp3) is 0.647. The molecule has 0 amide bonds. The highest BCUT2D eigenvalue weighted by Gasteiger charge is 2.21. The van der Waals surface area contributed by atoms with E-state index in [1.165, 1.54) is 44.1 Å². The molecule has 0 aliphatic heterocycles. The van der Waals surface area contributed by atoms with Crippen molar-refractivity contribution < 1.29 is 4.74 Å². The summed E-state index contributed by atoms with van der Waals surface area (Å²) >= 11 is 0. The van der Waals surface area contributed by atoms with Gasteiger partial charge < -0.3 is 4.74 Å². The quantitative estimate of drug-likeness (QED) is 0.697. The van der Waals surface area contributed by atoms with Crippen LogP contribution in [0.2, 0.25) is 0 Å². The Morgan fingerprint density at radius 1 is 1.00 bits per heavy atom. The van der Waals surface area contributed by atoms with E-state index in [4.69, 9.17) is 4.74 Å². The van der Waals surface area contributed by atoms with E-state index < -0.39 is 0 Å². The van der Waals surface area contributed by atoms with Crippen LogP contribution in [0.4, 0.5) is 0 Å². The molecule has 0 saturated heterocycles. The summed E-state index contributed by atoms with van der Waals surface area (Å²) in [5.74, 6) is 2.78. The first-order valence-electron chi connectivity index (χ1n) is 7.56. The van der Waals surface area contributed by atoms with Crippen molar-refractivity contribution in [3.63, 3.8) is 0 Å². The molecule has 0 heterocycles. The second-order valence-electron chi connectivity index (χ2n) is 5.51. The van der Waals surface area contributed by atoms with Crippen LogP contribution in [0.1, 0.15) is 63.9 Å². The van der Waals surface area contributed by atoms with E-state index in [1.54, 1.807) is 0 Å². The third-order valence-corrected chi connectivity index (χ3v) is 4.21. The van der Waals surface area contributed by atoms with E-state index in [1.807, 2.05) is 6.92 Å². The van der Waals surface area contributed by atoms with Gasteiger partial charge in [0.15, 0.2) is 0 Å². The predicted molar refractivity (Wildman–Crippen MR) is 77.2 cm³/mol. The Hall–Kier alpha value is -0.980. The molecule has 100 valence electrons. The minimum absolute atomic E-state index is 0.751. The number of benzene rings is 1. The van der Waals surface area contributed by atoms with Crippen molar-refractivity contribution in [2.45, 2.75) is 58.3 Å². The summed E-state index contributed by atoms with van der Waals surface area (Å²) in [6.45, 7) is 5.09. The maximum absolute atomic E-state index is 5.50. The molecule has 1 aromatic rings. The molecule has 1 aliphatic rings. The summed E-state index contributed by atoms with van der Waals surface area (Å²) in [4.78, 5) is 0. The fourth-order valence-electron chi connectivity index (χ4n) is 3.20. The molecule has 0 radical (unpaired) electrons. The monoisotopic (exact) mass is 246 g/mol. The molecule has 2 rings (SSSR count). The molecule has 0 aromatic heterocycles. The highest BCUT2D eigenvalue weighted by molar-refractivity contribution is 5.29. The minimum Gasteiger partial charge on any atom is -0.494 e. The van der Waals surface area contributed by atoms with Gasteiger partial charge in [-0.3, -0.25) is 0 Å². The van der Waals surface area contributed by atoms with Gasteiger partial charge in [-0.05, 0) is 62.1 Å². The van der Waals surface area contributed by atoms with Crippen molar-refractivity contribution >= 4 is 0 Å². The van der Waals surface area contributed by atoms with Crippen LogP contribution >= 0.6 is 0 Å². The molecule has 0 N–H and O–H groups in total. The minimum atomic E-state index is 0.751. The van der Waals surface area contributed by atoms with Gasteiger partial charge in [-0.2, -0.15) is 0 Å². The van der Waals surface area contributed by atoms with E-state index in [2.05, 4.69) is 31.2 Å². The van der Waals surface area contributed by atoms with Gasteiger partial charge in [-0.1, -0.05) is 31.9 Å². The van der Waals surface area contributed by atoms with Crippen LogP contribution in [0, 0.1) is 5.92 Å². The second-order valence-corrected chi connectivity index (χ2v) is 5.51. The SMILES string of the molecule is CCCC1CCC(c2ccc(OCC)cc2)CC1. The zero-order chi connectivity index (χ0) is 12.8. The van der Waals surface area contributed by atoms with Crippen molar-refractivity contribution in [1.29, 1.82) is 0 Å². The molecule has 1 aromatic carbocycles. The number of ether oxygens (including phenoxy) is 1. The molecule has 0 unspecified atom stereocenters. The molecule has 1 nitrogen and oxygen atoms in total. The lowest BCUT2D eigenvalue weighted by molar-refractivity contribution is 0.308. The average Bonchev–Trinajstić information content (AvgIpc) is 2.41. The van der Waals surface area contributed by atoms with Crippen LogP contribution in [-0.2, 0) is 0 Å². The fourth-order valence-corrected chi connectivity index (χ4v) is 3.20. The zero-order valence-corrected chi connectivity index (χ0v) is 11.8. The largest absolute Gasteiger partial charge is 0.494 e. The Balaban J connectivity index is 1.89. The molecule has 18 heavy (non-hydrogen) atoms. The Labute approximate surface area is 112 Å². The topological polar surface area (TPSA) is 9.23 Å². The van der Waals surface area contributed by atoms with Crippen LogP contribution in [0.15, 0.2) is 24.3 Å². The van der Waals surface area contributed by atoms with E-state index in [0.717, 1.165) is 24.2 Å². The van der Waals surface area contributed by atoms with Crippen LogP contribution < -0.4 is 4.74 Å². The van der Waals surface area contributed by atoms with Gasteiger partial charge in [0, 0.05) is 0 Å². The van der Waals surface area contributed by atoms with Crippen molar-refractivity contribution in [2.24, 2.45) is 5.92 Å². The van der Waals surface area contributed by atoms with Gasteiger partial charge in [0.1, 0.15) is 5.75 Å². The van der Waals surface area contributed by atoms with E-state index in [0.29, 0.717) is 0 Å². The lowest BCUT2D eigenvalue weighted by atomic mass is 9.77. The molecular formula is C17H26O. The second kappa shape index (κ2) is 6.82.